The molecule has 7 nitrogen and oxygen atoms in total. The van der Waals surface area contributed by atoms with Crippen LogP contribution in [0.5, 0.6) is 0 Å². The van der Waals surface area contributed by atoms with Gasteiger partial charge in [0.1, 0.15) is 4.47 Å². The third-order valence-electron chi connectivity index (χ3n) is 3.11. The van der Waals surface area contributed by atoms with Crippen LogP contribution in [0.1, 0.15) is 5.56 Å². The summed E-state index contributed by atoms with van der Waals surface area (Å²) in [6.07, 6.45) is 6.88. The standard InChI is InChI=1S/C14H13BrN6O/c1-20-14(22)13(15)11(9-19-20)17-8-10-3-5-16-12(7-10)21-6-2-4-18-21/h2-7,9,17H,8H2,1H3. The highest BCUT2D eigenvalue weighted by atomic mass is 79.9. The van der Waals surface area contributed by atoms with Crippen molar-refractivity contribution in [3.05, 3.63) is 63.4 Å². The number of nitrogens with one attached hydrogen (secondary N) is 1. The Bertz CT molecular complexity index is 843. The van der Waals surface area contributed by atoms with Crippen LogP contribution in [0.3, 0.4) is 0 Å². The van der Waals surface area contributed by atoms with Gasteiger partial charge in [0.2, 0.25) is 0 Å². The molecule has 0 amide bonds. The van der Waals surface area contributed by atoms with Gasteiger partial charge in [0.15, 0.2) is 5.82 Å². The molecule has 0 saturated carbocycles. The average Bonchev–Trinajstić information content (AvgIpc) is 3.07. The number of anilines is 1. The third-order valence-corrected chi connectivity index (χ3v) is 3.88. The Hall–Kier alpha value is -2.48. The Morgan fingerprint density at radius 3 is 2.95 bits per heavy atom. The van der Waals surface area contributed by atoms with Crippen molar-refractivity contribution in [3.8, 4) is 5.82 Å². The van der Waals surface area contributed by atoms with Gasteiger partial charge in [-0.05, 0) is 39.7 Å². The molecule has 0 aliphatic carbocycles. The van der Waals surface area contributed by atoms with Crippen LogP contribution in [-0.2, 0) is 13.6 Å². The topological polar surface area (TPSA) is 77.6 Å². The zero-order chi connectivity index (χ0) is 15.5. The zero-order valence-corrected chi connectivity index (χ0v) is 13.4. The summed E-state index contributed by atoms with van der Waals surface area (Å²) < 4.78 is 3.43. The second-order valence-corrected chi connectivity index (χ2v) is 5.42. The number of pyridine rings is 1. The summed E-state index contributed by atoms with van der Waals surface area (Å²) in [6.45, 7) is 0.546. The van der Waals surface area contributed by atoms with E-state index in [1.807, 2.05) is 24.4 Å². The SMILES string of the molecule is Cn1ncc(NCc2ccnc(-n3cccn3)c2)c(Br)c1=O. The second-order valence-electron chi connectivity index (χ2n) is 4.63. The Kier molecular flexibility index (Phi) is 4.01. The average molecular weight is 361 g/mol. The highest BCUT2D eigenvalue weighted by Gasteiger charge is 2.07. The van der Waals surface area contributed by atoms with Gasteiger partial charge in [-0.1, -0.05) is 0 Å². The Morgan fingerprint density at radius 2 is 2.18 bits per heavy atom. The predicted octanol–water partition coefficient (Wildman–Crippen LogP) is 1.74. The molecule has 0 fully saturated rings. The van der Waals surface area contributed by atoms with Crippen molar-refractivity contribution in [2.75, 3.05) is 5.32 Å². The van der Waals surface area contributed by atoms with E-state index in [0.29, 0.717) is 16.7 Å². The normalized spacial score (nSPS) is 10.6. The number of hydrogen-bond acceptors (Lipinski definition) is 5. The Labute approximate surface area is 134 Å². The molecule has 3 aromatic heterocycles. The molecule has 0 saturated heterocycles. The van der Waals surface area contributed by atoms with Crippen LogP contribution in [0.15, 0.2) is 52.3 Å². The van der Waals surface area contributed by atoms with Gasteiger partial charge < -0.3 is 5.32 Å². The maximum atomic E-state index is 11.8. The fourth-order valence-electron chi connectivity index (χ4n) is 1.93. The molecule has 0 atom stereocenters. The second kappa shape index (κ2) is 6.10. The van der Waals surface area contributed by atoms with E-state index in [4.69, 9.17) is 0 Å². The highest BCUT2D eigenvalue weighted by Crippen LogP contribution is 2.17. The summed E-state index contributed by atoms with van der Waals surface area (Å²) in [5, 5.41) is 11.3. The quantitative estimate of drug-likeness (QED) is 0.766. The maximum absolute atomic E-state index is 11.8. The lowest BCUT2D eigenvalue weighted by Gasteiger charge is -2.09. The summed E-state index contributed by atoms with van der Waals surface area (Å²) in [6, 6.07) is 5.68. The molecule has 0 aliphatic rings. The zero-order valence-electron chi connectivity index (χ0n) is 11.8. The van der Waals surface area contributed by atoms with Gasteiger partial charge in [-0.25, -0.2) is 14.3 Å². The van der Waals surface area contributed by atoms with Crippen LogP contribution in [-0.4, -0.2) is 24.5 Å². The van der Waals surface area contributed by atoms with Crippen LogP contribution in [0.4, 0.5) is 5.69 Å². The van der Waals surface area contributed by atoms with E-state index in [9.17, 15) is 4.79 Å². The van der Waals surface area contributed by atoms with Gasteiger partial charge in [-0.3, -0.25) is 4.79 Å². The largest absolute Gasteiger partial charge is 0.379 e. The number of rotatable bonds is 4. The van der Waals surface area contributed by atoms with Gasteiger partial charge in [0.05, 0.1) is 11.9 Å². The predicted molar refractivity (Wildman–Crippen MR) is 85.9 cm³/mol. The van der Waals surface area contributed by atoms with Crippen LogP contribution in [0.2, 0.25) is 0 Å². The van der Waals surface area contributed by atoms with Gasteiger partial charge in [0.25, 0.3) is 5.56 Å². The summed E-state index contributed by atoms with van der Waals surface area (Å²) in [5.41, 5.74) is 1.49. The number of nitrogens with zero attached hydrogens (tertiary/aromatic N) is 5. The van der Waals surface area contributed by atoms with Crippen molar-refractivity contribution in [1.29, 1.82) is 0 Å². The van der Waals surface area contributed by atoms with E-state index in [1.54, 1.807) is 30.3 Å². The number of aryl methyl sites for hydroxylation is 1. The number of aromatic nitrogens is 5. The van der Waals surface area contributed by atoms with Crippen LogP contribution < -0.4 is 10.9 Å². The van der Waals surface area contributed by atoms with Gasteiger partial charge in [-0.15, -0.1) is 0 Å². The minimum Gasteiger partial charge on any atom is -0.379 e. The molecule has 112 valence electrons. The minimum absolute atomic E-state index is 0.183. The monoisotopic (exact) mass is 360 g/mol. The first-order valence-electron chi connectivity index (χ1n) is 6.56. The summed E-state index contributed by atoms with van der Waals surface area (Å²) in [4.78, 5) is 16.1. The van der Waals surface area contributed by atoms with Crippen molar-refractivity contribution < 1.29 is 0 Å². The van der Waals surface area contributed by atoms with E-state index in [0.717, 1.165) is 11.4 Å². The van der Waals surface area contributed by atoms with E-state index in [1.165, 1.54) is 4.68 Å². The third kappa shape index (κ3) is 2.91. The summed E-state index contributed by atoms with van der Waals surface area (Å²) >= 11 is 3.29. The highest BCUT2D eigenvalue weighted by molar-refractivity contribution is 9.10. The lowest BCUT2D eigenvalue weighted by atomic mass is 10.2. The van der Waals surface area contributed by atoms with Crippen LogP contribution in [0.25, 0.3) is 5.82 Å². The van der Waals surface area contributed by atoms with Crippen molar-refractivity contribution in [3.63, 3.8) is 0 Å². The van der Waals surface area contributed by atoms with Crippen LogP contribution in [0, 0.1) is 0 Å². The molecule has 22 heavy (non-hydrogen) atoms. The lowest BCUT2D eigenvalue weighted by Crippen LogP contribution is -2.21. The smallest absolute Gasteiger partial charge is 0.282 e. The van der Waals surface area contributed by atoms with Gasteiger partial charge >= 0.3 is 0 Å². The molecular weight excluding hydrogens is 348 g/mol. The van der Waals surface area contributed by atoms with E-state index in [2.05, 4.69) is 36.4 Å². The minimum atomic E-state index is -0.183. The molecule has 0 bridgehead atoms. The van der Waals surface area contributed by atoms with Gasteiger partial charge in [-0.2, -0.15) is 10.2 Å². The lowest BCUT2D eigenvalue weighted by molar-refractivity contribution is 0.703. The molecule has 0 aromatic carbocycles. The molecule has 3 aromatic rings. The molecule has 0 aliphatic heterocycles. The molecule has 3 heterocycles. The van der Waals surface area contributed by atoms with E-state index < -0.39 is 0 Å². The maximum Gasteiger partial charge on any atom is 0.282 e. The number of halogens is 1. The fraction of sp³-hybridized carbons (Fsp3) is 0.143. The first kappa shape index (κ1) is 14.5. The Morgan fingerprint density at radius 1 is 1.32 bits per heavy atom. The fourth-order valence-corrected chi connectivity index (χ4v) is 2.43. The summed E-state index contributed by atoms with van der Waals surface area (Å²) in [7, 11) is 1.61. The molecule has 0 unspecified atom stereocenters. The van der Waals surface area contributed by atoms with Crippen molar-refractivity contribution in [2.45, 2.75) is 6.54 Å². The van der Waals surface area contributed by atoms with Crippen molar-refractivity contribution >= 4 is 21.6 Å². The number of hydrogen-bond donors (Lipinski definition) is 1. The first-order valence-corrected chi connectivity index (χ1v) is 7.35. The molecule has 0 radical (unpaired) electrons. The Balaban J connectivity index is 1.79. The van der Waals surface area contributed by atoms with E-state index >= 15 is 0 Å². The molecule has 1 N–H and O–H groups in total. The molecule has 0 spiro atoms. The van der Waals surface area contributed by atoms with Crippen molar-refractivity contribution in [2.24, 2.45) is 7.05 Å². The first-order chi connectivity index (χ1) is 10.6. The van der Waals surface area contributed by atoms with Gasteiger partial charge in [0, 0.05) is 32.2 Å². The molecule has 8 heteroatoms. The summed E-state index contributed by atoms with van der Waals surface area (Å²) in [5.74, 6) is 0.741. The van der Waals surface area contributed by atoms with E-state index in [-0.39, 0.29) is 5.56 Å². The van der Waals surface area contributed by atoms with Crippen LogP contribution >= 0.6 is 15.9 Å². The molecule has 3 rings (SSSR count). The molecular formula is C14H13BrN6O. The van der Waals surface area contributed by atoms with Crippen molar-refractivity contribution in [1.82, 2.24) is 24.5 Å².